The normalized spacial score (nSPS) is 19.8. The van der Waals surface area contributed by atoms with Crippen LogP contribution in [0.25, 0.3) is 0 Å². The molecule has 0 aromatic heterocycles. The standard InChI is InChI=1S/C27H30N3OP/c1-23-17-19-28(20-18-23)27(24-11-5-2-6-12-24)32(31)29(25-13-7-3-8-14-25)21-22-30(32)26-15-9-4-10-16-26/h2-16,27H,1,17-22H2. The highest BCUT2D eigenvalue weighted by Crippen LogP contribution is 2.69. The average Bonchev–Trinajstić information content (AvgIpc) is 3.19. The Morgan fingerprint density at radius 3 is 1.56 bits per heavy atom. The first-order chi connectivity index (χ1) is 15.7. The molecular weight excluding hydrogens is 413 g/mol. The highest BCUT2D eigenvalue weighted by molar-refractivity contribution is 7.67. The SMILES string of the molecule is C=C1CCN(C(c2ccccc2)P2(=O)N(c3ccccc3)CCN2c2ccccc2)CC1. The van der Waals surface area contributed by atoms with E-state index in [4.69, 9.17) is 0 Å². The maximum absolute atomic E-state index is 15.5. The van der Waals surface area contributed by atoms with Gasteiger partial charge in [-0.1, -0.05) is 78.9 Å². The first-order valence-corrected chi connectivity index (χ1v) is 13.1. The monoisotopic (exact) mass is 443 g/mol. The summed E-state index contributed by atoms with van der Waals surface area (Å²) in [5.74, 6) is -0.209. The van der Waals surface area contributed by atoms with Crippen LogP contribution in [-0.4, -0.2) is 31.1 Å². The molecule has 5 heteroatoms. The molecule has 5 rings (SSSR count). The van der Waals surface area contributed by atoms with E-state index in [1.165, 1.54) is 5.57 Å². The molecule has 3 aromatic rings. The Hall–Kier alpha value is -2.81. The van der Waals surface area contributed by atoms with Crippen LogP contribution in [-0.2, 0) is 4.57 Å². The number of hydrogen-bond acceptors (Lipinski definition) is 2. The molecule has 2 aliphatic rings. The second-order valence-electron chi connectivity index (χ2n) is 8.58. The molecule has 2 fully saturated rings. The lowest BCUT2D eigenvalue weighted by Crippen LogP contribution is -2.39. The lowest BCUT2D eigenvalue weighted by atomic mass is 10.1. The van der Waals surface area contributed by atoms with Crippen molar-refractivity contribution in [1.82, 2.24) is 4.90 Å². The summed E-state index contributed by atoms with van der Waals surface area (Å²) in [5, 5.41) is 0. The van der Waals surface area contributed by atoms with Crippen molar-refractivity contribution in [3.63, 3.8) is 0 Å². The molecule has 1 unspecified atom stereocenters. The molecule has 4 nitrogen and oxygen atoms in total. The third-order valence-electron chi connectivity index (χ3n) is 6.59. The predicted octanol–water partition coefficient (Wildman–Crippen LogP) is 6.56. The lowest BCUT2D eigenvalue weighted by molar-refractivity contribution is 0.231. The molecular formula is C27H30N3OP. The van der Waals surface area contributed by atoms with Crippen molar-refractivity contribution in [2.45, 2.75) is 18.6 Å². The maximum atomic E-state index is 15.5. The van der Waals surface area contributed by atoms with Gasteiger partial charge in [-0.05, 0) is 42.7 Å². The number of rotatable bonds is 5. The number of benzene rings is 3. The second-order valence-corrected chi connectivity index (χ2v) is 11.2. The molecule has 2 heterocycles. The van der Waals surface area contributed by atoms with Crippen LogP contribution in [0.15, 0.2) is 103 Å². The van der Waals surface area contributed by atoms with Crippen LogP contribution in [0.2, 0.25) is 0 Å². The molecule has 2 saturated heterocycles. The largest absolute Gasteiger partial charge is 0.304 e. The fraction of sp³-hybridized carbons (Fsp3) is 0.259. The van der Waals surface area contributed by atoms with Gasteiger partial charge in [0, 0.05) is 37.6 Å². The third-order valence-corrected chi connectivity index (χ3v) is 10.1. The van der Waals surface area contributed by atoms with Crippen LogP contribution in [0.4, 0.5) is 11.4 Å². The Balaban J connectivity index is 1.67. The Bertz CT molecular complexity index is 1040. The van der Waals surface area contributed by atoms with Gasteiger partial charge < -0.3 is 9.34 Å². The van der Waals surface area contributed by atoms with E-state index in [9.17, 15) is 0 Å². The Kier molecular flexibility index (Phi) is 5.91. The zero-order valence-electron chi connectivity index (χ0n) is 18.4. The van der Waals surface area contributed by atoms with Crippen LogP contribution >= 0.6 is 7.44 Å². The number of anilines is 2. The number of piperidine rings is 1. The van der Waals surface area contributed by atoms with Crippen LogP contribution in [0.5, 0.6) is 0 Å². The third kappa shape index (κ3) is 3.79. The molecule has 0 bridgehead atoms. The zero-order chi connectivity index (χ0) is 22.0. The fourth-order valence-corrected chi connectivity index (χ4v) is 8.67. The van der Waals surface area contributed by atoms with Crippen LogP contribution in [0, 0.1) is 0 Å². The minimum absolute atomic E-state index is 0.209. The lowest BCUT2D eigenvalue weighted by Gasteiger charge is -2.44. The zero-order valence-corrected chi connectivity index (χ0v) is 19.3. The highest BCUT2D eigenvalue weighted by atomic mass is 31.2. The molecule has 0 N–H and O–H groups in total. The molecule has 3 aromatic carbocycles. The van der Waals surface area contributed by atoms with Gasteiger partial charge >= 0.3 is 0 Å². The molecule has 164 valence electrons. The summed E-state index contributed by atoms with van der Waals surface area (Å²) in [4.78, 5) is 2.43. The van der Waals surface area contributed by atoms with Gasteiger partial charge in [-0.2, -0.15) is 0 Å². The van der Waals surface area contributed by atoms with Gasteiger partial charge in [0.05, 0.1) is 0 Å². The quantitative estimate of drug-likeness (QED) is 0.330. The molecule has 32 heavy (non-hydrogen) atoms. The van der Waals surface area contributed by atoms with Gasteiger partial charge in [0.2, 0.25) is 0 Å². The number of para-hydroxylation sites is 2. The summed E-state index contributed by atoms with van der Waals surface area (Å²) >= 11 is 0. The fourth-order valence-electron chi connectivity index (χ4n) is 4.99. The molecule has 0 spiro atoms. The molecule has 0 saturated carbocycles. The van der Waals surface area contributed by atoms with Crippen molar-refractivity contribution in [2.24, 2.45) is 0 Å². The molecule has 2 aliphatic heterocycles. The first kappa shape index (κ1) is 21.1. The van der Waals surface area contributed by atoms with Crippen molar-refractivity contribution in [3.8, 4) is 0 Å². The summed E-state index contributed by atoms with van der Waals surface area (Å²) in [6.07, 6.45) is 1.92. The Labute approximate surface area is 191 Å². The predicted molar refractivity (Wildman–Crippen MR) is 134 cm³/mol. The summed E-state index contributed by atoms with van der Waals surface area (Å²) in [6, 6.07) is 30.9. The topological polar surface area (TPSA) is 26.8 Å². The number of hydrogen-bond donors (Lipinski definition) is 0. The maximum Gasteiger partial charge on any atom is 0.284 e. The van der Waals surface area contributed by atoms with Gasteiger partial charge in [-0.15, -0.1) is 0 Å². The smallest absolute Gasteiger partial charge is 0.284 e. The molecule has 1 atom stereocenters. The van der Waals surface area contributed by atoms with Gasteiger partial charge in [0.1, 0.15) is 5.78 Å². The van der Waals surface area contributed by atoms with Gasteiger partial charge in [0.15, 0.2) is 0 Å². The van der Waals surface area contributed by atoms with Crippen molar-refractivity contribution < 1.29 is 4.57 Å². The summed E-state index contributed by atoms with van der Waals surface area (Å²) in [5.41, 5.74) is 4.46. The minimum Gasteiger partial charge on any atom is -0.304 e. The van der Waals surface area contributed by atoms with Gasteiger partial charge in [-0.3, -0.25) is 9.46 Å². The second kappa shape index (κ2) is 8.97. The van der Waals surface area contributed by atoms with E-state index in [0.29, 0.717) is 0 Å². The highest BCUT2D eigenvalue weighted by Gasteiger charge is 2.52. The van der Waals surface area contributed by atoms with E-state index >= 15 is 4.57 Å². The summed E-state index contributed by atoms with van der Waals surface area (Å²) in [7, 11) is -3.09. The number of nitrogens with zero attached hydrogens (tertiary/aromatic N) is 3. The van der Waals surface area contributed by atoms with E-state index in [2.05, 4.69) is 69.4 Å². The average molecular weight is 444 g/mol. The van der Waals surface area contributed by atoms with Gasteiger partial charge in [0.25, 0.3) is 7.44 Å². The van der Waals surface area contributed by atoms with E-state index in [0.717, 1.165) is 56.0 Å². The van der Waals surface area contributed by atoms with Crippen LogP contribution in [0.1, 0.15) is 24.2 Å². The van der Waals surface area contributed by atoms with Crippen molar-refractivity contribution >= 4 is 18.8 Å². The van der Waals surface area contributed by atoms with Crippen LogP contribution < -0.4 is 9.34 Å². The first-order valence-electron chi connectivity index (χ1n) is 11.4. The molecule has 0 amide bonds. The molecule has 0 aliphatic carbocycles. The molecule has 0 radical (unpaired) electrons. The number of likely N-dealkylation sites (tertiary alicyclic amines) is 1. The van der Waals surface area contributed by atoms with Crippen molar-refractivity contribution in [3.05, 3.63) is 109 Å². The van der Waals surface area contributed by atoms with Gasteiger partial charge in [-0.25, -0.2) is 0 Å². The van der Waals surface area contributed by atoms with E-state index in [1.807, 2.05) is 42.5 Å². The van der Waals surface area contributed by atoms with Crippen molar-refractivity contribution in [2.75, 3.05) is 35.5 Å². The Morgan fingerprint density at radius 2 is 1.09 bits per heavy atom. The minimum atomic E-state index is -3.09. The van der Waals surface area contributed by atoms with E-state index < -0.39 is 7.44 Å². The van der Waals surface area contributed by atoms with Crippen molar-refractivity contribution in [1.29, 1.82) is 0 Å². The van der Waals surface area contributed by atoms with Crippen LogP contribution in [0.3, 0.4) is 0 Å². The van der Waals surface area contributed by atoms with E-state index in [1.54, 1.807) is 0 Å². The Morgan fingerprint density at radius 1 is 0.656 bits per heavy atom. The summed E-state index contributed by atoms with van der Waals surface area (Å²) < 4.78 is 19.9. The van der Waals surface area contributed by atoms with E-state index in [-0.39, 0.29) is 5.78 Å². The summed E-state index contributed by atoms with van der Waals surface area (Å²) in [6.45, 7) is 7.44.